The van der Waals surface area contributed by atoms with Crippen LogP contribution in [0.15, 0.2) is 48.7 Å². The second kappa shape index (κ2) is 8.33. The zero-order valence-electron chi connectivity index (χ0n) is 18.2. The average molecular weight is 419 g/mol. The number of benzene rings is 1. The van der Waals surface area contributed by atoms with Gasteiger partial charge in [0.1, 0.15) is 11.6 Å². The summed E-state index contributed by atoms with van der Waals surface area (Å²) in [5.41, 5.74) is 1.43. The maximum atomic E-state index is 14.1. The fraction of sp³-hybridized carbons (Fsp3) is 0.480. The van der Waals surface area contributed by atoms with E-state index in [1.54, 1.807) is 7.11 Å². The van der Waals surface area contributed by atoms with Gasteiger partial charge in [0, 0.05) is 30.8 Å². The third-order valence-corrected chi connectivity index (χ3v) is 7.15. The fourth-order valence-corrected chi connectivity index (χ4v) is 5.61. The molecule has 5 rings (SSSR count). The molecule has 1 atom stereocenters. The van der Waals surface area contributed by atoms with Crippen molar-refractivity contribution >= 4 is 11.6 Å². The molecule has 0 spiro atoms. The van der Waals surface area contributed by atoms with Crippen molar-refractivity contribution in [2.24, 2.45) is 0 Å². The van der Waals surface area contributed by atoms with Crippen LogP contribution in [0.2, 0.25) is 0 Å². The number of likely N-dealkylation sites (tertiary alicyclic amines) is 1. The number of hydrogen-bond donors (Lipinski definition) is 0. The van der Waals surface area contributed by atoms with E-state index >= 15 is 0 Å². The molecule has 1 aromatic carbocycles. The molecule has 1 amide bonds. The zero-order valence-corrected chi connectivity index (χ0v) is 18.2. The van der Waals surface area contributed by atoms with Crippen LogP contribution in [0.3, 0.4) is 0 Å². The van der Waals surface area contributed by atoms with Gasteiger partial charge in [-0.05, 0) is 43.9 Å². The predicted molar refractivity (Wildman–Crippen MR) is 119 cm³/mol. The third-order valence-electron chi connectivity index (χ3n) is 7.15. The molecule has 2 fully saturated rings. The first-order valence-corrected chi connectivity index (χ1v) is 11.5. The van der Waals surface area contributed by atoms with Gasteiger partial charge in [0.25, 0.3) is 0 Å². The van der Waals surface area contributed by atoms with Gasteiger partial charge in [0.15, 0.2) is 5.65 Å². The number of rotatable bonds is 4. The van der Waals surface area contributed by atoms with Crippen LogP contribution in [-0.2, 0) is 10.2 Å². The summed E-state index contributed by atoms with van der Waals surface area (Å²) < 4.78 is 7.76. The van der Waals surface area contributed by atoms with Gasteiger partial charge >= 0.3 is 0 Å². The van der Waals surface area contributed by atoms with Crippen molar-refractivity contribution in [2.75, 3.05) is 20.2 Å². The normalized spacial score (nSPS) is 21.2. The van der Waals surface area contributed by atoms with E-state index in [4.69, 9.17) is 4.74 Å². The lowest BCUT2D eigenvalue weighted by Crippen LogP contribution is -2.51. The number of nitrogens with zero attached hydrogens (tertiary/aromatic N) is 4. The van der Waals surface area contributed by atoms with Crippen molar-refractivity contribution < 1.29 is 9.53 Å². The number of aromatic nitrogens is 3. The topological polar surface area (TPSA) is 59.7 Å². The van der Waals surface area contributed by atoms with E-state index < -0.39 is 5.41 Å². The zero-order chi connectivity index (χ0) is 21.3. The number of ether oxygens (including phenoxy) is 1. The van der Waals surface area contributed by atoms with Crippen LogP contribution >= 0.6 is 0 Å². The Morgan fingerprint density at radius 1 is 1.03 bits per heavy atom. The summed E-state index contributed by atoms with van der Waals surface area (Å²) in [5.74, 6) is 2.25. The number of para-hydroxylation sites is 1. The average Bonchev–Trinajstić information content (AvgIpc) is 3.28. The van der Waals surface area contributed by atoms with Crippen LogP contribution < -0.4 is 4.74 Å². The Hall–Kier alpha value is -2.89. The monoisotopic (exact) mass is 418 g/mol. The largest absolute Gasteiger partial charge is 0.496 e. The molecule has 1 aliphatic heterocycles. The molecule has 6 nitrogen and oxygen atoms in total. The molecule has 0 N–H and O–H groups in total. The van der Waals surface area contributed by atoms with Gasteiger partial charge in [-0.2, -0.15) is 0 Å². The quantitative estimate of drug-likeness (QED) is 0.632. The summed E-state index contributed by atoms with van der Waals surface area (Å²) in [6, 6.07) is 14.0. The van der Waals surface area contributed by atoms with Gasteiger partial charge < -0.3 is 9.64 Å². The molecule has 1 saturated heterocycles. The number of amides is 1. The van der Waals surface area contributed by atoms with Crippen LogP contribution in [0.1, 0.15) is 62.3 Å². The number of hydrogen-bond acceptors (Lipinski definition) is 4. The van der Waals surface area contributed by atoms with E-state index in [0.29, 0.717) is 6.54 Å². The highest BCUT2D eigenvalue weighted by Gasteiger charge is 2.46. The molecular formula is C25H30N4O2. The van der Waals surface area contributed by atoms with Crippen molar-refractivity contribution in [3.05, 3.63) is 60.0 Å². The molecule has 2 aliphatic rings. The van der Waals surface area contributed by atoms with Gasteiger partial charge in [-0.3, -0.25) is 9.20 Å². The first kappa shape index (κ1) is 20.0. The summed E-state index contributed by atoms with van der Waals surface area (Å²) in [6.07, 6.45) is 9.16. The summed E-state index contributed by atoms with van der Waals surface area (Å²) in [5, 5.41) is 8.81. The van der Waals surface area contributed by atoms with E-state index in [1.165, 1.54) is 6.42 Å². The summed E-state index contributed by atoms with van der Waals surface area (Å²) in [6.45, 7) is 1.51. The highest BCUT2D eigenvalue weighted by atomic mass is 16.5. The van der Waals surface area contributed by atoms with Crippen molar-refractivity contribution in [1.29, 1.82) is 0 Å². The molecule has 3 heterocycles. The van der Waals surface area contributed by atoms with E-state index in [2.05, 4.69) is 25.6 Å². The van der Waals surface area contributed by atoms with Gasteiger partial charge in [0.2, 0.25) is 5.91 Å². The van der Waals surface area contributed by atoms with Crippen molar-refractivity contribution in [1.82, 2.24) is 19.5 Å². The Labute approximate surface area is 183 Å². The maximum Gasteiger partial charge on any atom is 0.233 e. The van der Waals surface area contributed by atoms with Crippen LogP contribution in [0, 0.1) is 0 Å². The lowest BCUT2D eigenvalue weighted by Gasteiger charge is -2.43. The van der Waals surface area contributed by atoms with Gasteiger partial charge in [-0.25, -0.2) is 0 Å². The Balaban J connectivity index is 1.47. The SMILES string of the molecule is COc1ccccc1C1(C(=O)N2CCCC(c3nnc4ccccn34)C2)CCCCC1. The van der Waals surface area contributed by atoms with Crippen LogP contribution in [-0.4, -0.2) is 45.6 Å². The summed E-state index contributed by atoms with van der Waals surface area (Å²) in [4.78, 5) is 16.2. The lowest BCUT2D eigenvalue weighted by atomic mass is 9.67. The maximum absolute atomic E-state index is 14.1. The smallest absolute Gasteiger partial charge is 0.233 e. The molecule has 1 unspecified atom stereocenters. The number of piperidine rings is 1. The third kappa shape index (κ3) is 3.48. The fourth-order valence-electron chi connectivity index (χ4n) is 5.61. The number of fused-ring (bicyclic) bond motifs is 1. The summed E-state index contributed by atoms with van der Waals surface area (Å²) >= 11 is 0. The lowest BCUT2D eigenvalue weighted by molar-refractivity contribution is -0.140. The molecule has 6 heteroatoms. The molecule has 1 aliphatic carbocycles. The minimum atomic E-state index is -0.486. The minimum Gasteiger partial charge on any atom is -0.496 e. The molecular weight excluding hydrogens is 388 g/mol. The Morgan fingerprint density at radius 3 is 2.68 bits per heavy atom. The van der Waals surface area contributed by atoms with Gasteiger partial charge in [-0.15, -0.1) is 10.2 Å². The van der Waals surface area contributed by atoms with E-state index in [1.807, 2.05) is 42.6 Å². The van der Waals surface area contributed by atoms with Crippen molar-refractivity contribution in [3.8, 4) is 5.75 Å². The molecule has 31 heavy (non-hydrogen) atoms. The Morgan fingerprint density at radius 2 is 1.84 bits per heavy atom. The van der Waals surface area contributed by atoms with Crippen LogP contribution in [0.5, 0.6) is 5.75 Å². The first-order valence-electron chi connectivity index (χ1n) is 11.5. The molecule has 0 radical (unpaired) electrons. The molecule has 0 bridgehead atoms. The predicted octanol–water partition coefficient (Wildman–Crippen LogP) is 4.35. The number of pyridine rings is 1. The van der Waals surface area contributed by atoms with Crippen LogP contribution in [0.4, 0.5) is 0 Å². The van der Waals surface area contributed by atoms with E-state index in [-0.39, 0.29) is 11.8 Å². The highest BCUT2D eigenvalue weighted by molar-refractivity contribution is 5.89. The molecule has 3 aromatic rings. The summed E-state index contributed by atoms with van der Waals surface area (Å²) in [7, 11) is 1.70. The second-order valence-electron chi connectivity index (χ2n) is 8.92. The van der Waals surface area contributed by atoms with Crippen LogP contribution in [0.25, 0.3) is 5.65 Å². The number of carbonyl (C=O) groups excluding carboxylic acids is 1. The van der Waals surface area contributed by atoms with Gasteiger partial charge in [-0.1, -0.05) is 43.5 Å². The number of methoxy groups -OCH3 is 1. The Bertz CT molecular complexity index is 1070. The van der Waals surface area contributed by atoms with Crippen molar-refractivity contribution in [2.45, 2.75) is 56.3 Å². The molecule has 1 saturated carbocycles. The van der Waals surface area contributed by atoms with E-state index in [0.717, 1.165) is 67.9 Å². The van der Waals surface area contributed by atoms with Gasteiger partial charge in [0.05, 0.1) is 12.5 Å². The minimum absolute atomic E-state index is 0.202. The second-order valence-corrected chi connectivity index (χ2v) is 8.92. The first-order chi connectivity index (χ1) is 15.2. The molecule has 2 aromatic heterocycles. The highest BCUT2D eigenvalue weighted by Crippen LogP contribution is 2.45. The van der Waals surface area contributed by atoms with Crippen molar-refractivity contribution in [3.63, 3.8) is 0 Å². The molecule has 162 valence electrons. The Kier molecular flexibility index (Phi) is 5.38. The standard InChI is InChI=1S/C25H30N4O2/c1-31-21-12-4-3-11-20(21)25(14-6-2-7-15-25)24(30)28-16-9-10-19(18-28)23-27-26-22-13-5-8-17-29(22)23/h3-5,8,11-13,17,19H,2,6-7,9-10,14-16,18H2,1H3. The van der Waals surface area contributed by atoms with E-state index in [9.17, 15) is 4.79 Å². The number of carbonyl (C=O) groups is 1.